The SMILES string of the molecule is CC1=CC(=S)C([N+](=O)[O-])C=C1. The molecular weight excluding hydrogens is 162 g/mol. The van der Waals surface area contributed by atoms with Gasteiger partial charge in [0.05, 0.1) is 4.86 Å². The van der Waals surface area contributed by atoms with Crippen LogP contribution < -0.4 is 0 Å². The van der Waals surface area contributed by atoms with E-state index in [9.17, 15) is 10.1 Å². The van der Waals surface area contributed by atoms with Crippen molar-refractivity contribution in [2.75, 3.05) is 0 Å². The average Bonchev–Trinajstić information content (AvgIpc) is 1.85. The zero-order valence-corrected chi connectivity index (χ0v) is 6.80. The van der Waals surface area contributed by atoms with Crippen molar-refractivity contribution in [3.63, 3.8) is 0 Å². The monoisotopic (exact) mass is 169 g/mol. The molecule has 0 spiro atoms. The fourth-order valence-electron chi connectivity index (χ4n) is 0.870. The summed E-state index contributed by atoms with van der Waals surface area (Å²) in [6, 6.07) is -0.798. The van der Waals surface area contributed by atoms with Gasteiger partial charge in [-0.25, -0.2) is 0 Å². The summed E-state index contributed by atoms with van der Waals surface area (Å²) in [5.74, 6) is 0. The Kier molecular flexibility index (Phi) is 2.14. The molecule has 0 aromatic carbocycles. The van der Waals surface area contributed by atoms with E-state index in [1.54, 1.807) is 12.2 Å². The van der Waals surface area contributed by atoms with E-state index in [2.05, 4.69) is 0 Å². The predicted molar refractivity (Wildman–Crippen MR) is 46.3 cm³/mol. The number of thiocarbonyl (C=S) groups is 1. The van der Waals surface area contributed by atoms with Crippen LogP contribution in [-0.2, 0) is 0 Å². The molecule has 1 unspecified atom stereocenters. The molecule has 4 heteroatoms. The maximum absolute atomic E-state index is 10.3. The minimum Gasteiger partial charge on any atom is -0.264 e. The van der Waals surface area contributed by atoms with Crippen LogP contribution >= 0.6 is 12.2 Å². The number of hydrogen-bond donors (Lipinski definition) is 0. The molecule has 11 heavy (non-hydrogen) atoms. The van der Waals surface area contributed by atoms with Crippen molar-refractivity contribution in [2.45, 2.75) is 13.0 Å². The minimum atomic E-state index is -0.798. The third kappa shape index (κ3) is 1.71. The van der Waals surface area contributed by atoms with Crippen molar-refractivity contribution in [1.82, 2.24) is 0 Å². The Hall–Kier alpha value is -1.03. The Morgan fingerprint density at radius 3 is 2.82 bits per heavy atom. The van der Waals surface area contributed by atoms with Gasteiger partial charge in [0.1, 0.15) is 0 Å². The normalized spacial score (nSPS) is 23.2. The van der Waals surface area contributed by atoms with Crippen molar-refractivity contribution in [3.8, 4) is 0 Å². The predicted octanol–water partition coefficient (Wildman–Crippen LogP) is 1.52. The highest BCUT2D eigenvalue weighted by Crippen LogP contribution is 2.10. The maximum atomic E-state index is 10.3. The van der Waals surface area contributed by atoms with Gasteiger partial charge in [-0.15, -0.1) is 0 Å². The molecule has 3 nitrogen and oxygen atoms in total. The second-order valence-electron chi connectivity index (χ2n) is 2.38. The zero-order valence-electron chi connectivity index (χ0n) is 5.98. The number of rotatable bonds is 1. The summed E-state index contributed by atoms with van der Waals surface area (Å²) in [6.45, 7) is 1.86. The fraction of sp³-hybridized carbons (Fsp3) is 0.286. The van der Waals surface area contributed by atoms with E-state index < -0.39 is 6.04 Å². The van der Waals surface area contributed by atoms with E-state index in [-0.39, 0.29) is 4.92 Å². The van der Waals surface area contributed by atoms with Crippen molar-refractivity contribution in [1.29, 1.82) is 0 Å². The van der Waals surface area contributed by atoms with E-state index in [4.69, 9.17) is 12.2 Å². The van der Waals surface area contributed by atoms with Gasteiger partial charge in [0.25, 0.3) is 6.04 Å². The molecule has 0 bridgehead atoms. The van der Waals surface area contributed by atoms with Crippen LogP contribution in [0.2, 0.25) is 0 Å². The summed E-state index contributed by atoms with van der Waals surface area (Å²) in [5.41, 5.74) is 0.966. The third-order valence-electron chi connectivity index (χ3n) is 1.43. The summed E-state index contributed by atoms with van der Waals surface area (Å²) in [6.07, 6.45) is 4.88. The molecule has 0 saturated heterocycles. The largest absolute Gasteiger partial charge is 0.266 e. The van der Waals surface area contributed by atoms with Gasteiger partial charge in [0.2, 0.25) is 0 Å². The van der Waals surface area contributed by atoms with Crippen LogP contribution in [0.15, 0.2) is 23.8 Å². The molecule has 58 valence electrons. The van der Waals surface area contributed by atoms with Crippen LogP contribution in [0.1, 0.15) is 6.92 Å². The second kappa shape index (κ2) is 2.92. The molecular formula is C7H7NO2S. The Morgan fingerprint density at radius 1 is 1.73 bits per heavy atom. The second-order valence-corrected chi connectivity index (χ2v) is 2.85. The van der Waals surface area contributed by atoms with Crippen LogP contribution in [0.5, 0.6) is 0 Å². The minimum absolute atomic E-state index is 0.384. The lowest BCUT2D eigenvalue weighted by atomic mass is 10.0. The lowest BCUT2D eigenvalue weighted by Crippen LogP contribution is -2.26. The first-order valence-electron chi connectivity index (χ1n) is 3.15. The van der Waals surface area contributed by atoms with E-state index in [1.165, 1.54) is 6.08 Å². The van der Waals surface area contributed by atoms with Crippen LogP contribution in [0.25, 0.3) is 0 Å². The smallest absolute Gasteiger partial charge is 0.264 e. The quantitative estimate of drug-likeness (QED) is 0.339. The van der Waals surface area contributed by atoms with Crippen molar-refractivity contribution >= 4 is 17.1 Å². The van der Waals surface area contributed by atoms with E-state index in [1.807, 2.05) is 6.92 Å². The molecule has 0 amide bonds. The molecule has 0 heterocycles. The van der Waals surface area contributed by atoms with Crippen LogP contribution in [0.3, 0.4) is 0 Å². The van der Waals surface area contributed by atoms with Gasteiger partial charge in [-0.2, -0.15) is 0 Å². The van der Waals surface area contributed by atoms with Crippen molar-refractivity contribution in [3.05, 3.63) is 33.9 Å². The summed E-state index contributed by atoms with van der Waals surface area (Å²) < 4.78 is 0. The fourth-order valence-corrected chi connectivity index (χ4v) is 1.22. The van der Waals surface area contributed by atoms with Crippen LogP contribution in [0.4, 0.5) is 0 Å². The average molecular weight is 169 g/mol. The summed E-state index contributed by atoms with van der Waals surface area (Å²) in [5, 5.41) is 10.3. The number of hydrogen-bond acceptors (Lipinski definition) is 3. The van der Waals surface area contributed by atoms with Gasteiger partial charge in [0, 0.05) is 4.92 Å². The molecule has 0 aromatic heterocycles. The molecule has 0 fully saturated rings. The van der Waals surface area contributed by atoms with E-state index in [0.29, 0.717) is 4.86 Å². The van der Waals surface area contributed by atoms with Gasteiger partial charge >= 0.3 is 0 Å². The van der Waals surface area contributed by atoms with E-state index in [0.717, 1.165) is 5.57 Å². The lowest BCUT2D eigenvalue weighted by Gasteiger charge is -2.07. The van der Waals surface area contributed by atoms with Crippen LogP contribution in [0, 0.1) is 10.1 Å². The van der Waals surface area contributed by atoms with Crippen LogP contribution in [-0.4, -0.2) is 15.8 Å². The van der Waals surface area contributed by atoms with Crippen molar-refractivity contribution in [2.24, 2.45) is 0 Å². The standard InChI is InChI=1S/C7H7NO2S/c1-5-2-3-6(8(9)10)7(11)4-5/h2-4,6H,1H3. The van der Waals surface area contributed by atoms with E-state index >= 15 is 0 Å². The maximum Gasteiger partial charge on any atom is 0.266 e. The number of nitrogens with zero attached hydrogens (tertiary/aromatic N) is 1. The molecule has 1 atom stereocenters. The molecule has 0 N–H and O–H groups in total. The lowest BCUT2D eigenvalue weighted by molar-refractivity contribution is -0.489. The highest BCUT2D eigenvalue weighted by molar-refractivity contribution is 7.80. The highest BCUT2D eigenvalue weighted by Gasteiger charge is 2.22. The van der Waals surface area contributed by atoms with Crippen molar-refractivity contribution < 1.29 is 4.92 Å². The molecule has 0 radical (unpaired) electrons. The molecule has 0 aliphatic heterocycles. The summed E-state index contributed by atoms with van der Waals surface area (Å²) in [7, 11) is 0. The number of nitro groups is 1. The van der Waals surface area contributed by atoms with Gasteiger partial charge in [-0.3, -0.25) is 10.1 Å². The van der Waals surface area contributed by atoms with Gasteiger partial charge in [0.15, 0.2) is 0 Å². The highest BCUT2D eigenvalue weighted by atomic mass is 32.1. The Balaban J connectivity index is 2.86. The Bertz CT molecular complexity index is 268. The zero-order chi connectivity index (χ0) is 8.43. The summed E-state index contributed by atoms with van der Waals surface area (Å²) >= 11 is 4.81. The topological polar surface area (TPSA) is 43.1 Å². The first-order chi connectivity index (χ1) is 5.11. The number of allylic oxidation sites excluding steroid dienone is 2. The Labute approximate surface area is 69.6 Å². The molecule has 0 saturated carbocycles. The van der Waals surface area contributed by atoms with Gasteiger partial charge < -0.3 is 0 Å². The first-order valence-corrected chi connectivity index (χ1v) is 3.56. The molecule has 1 rings (SSSR count). The molecule has 1 aliphatic carbocycles. The van der Waals surface area contributed by atoms with Gasteiger partial charge in [-0.05, 0) is 24.6 Å². The Morgan fingerprint density at radius 2 is 2.36 bits per heavy atom. The first kappa shape index (κ1) is 8.07. The summed E-state index contributed by atoms with van der Waals surface area (Å²) in [4.78, 5) is 10.3. The third-order valence-corrected chi connectivity index (χ3v) is 1.79. The molecule has 1 aliphatic rings. The molecule has 0 aromatic rings. The van der Waals surface area contributed by atoms with Gasteiger partial charge in [-0.1, -0.05) is 18.3 Å².